The number of hydrogen-bond acceptors (Lipinski definition) is 4. The molecule has 0 fully saturated rings. The van der Waals surface area contributed by atoms with Crippen LogP contribution >= 0.6 is 0 Å². The molecule has 0 unspecified atom stereocenters. The summed E-state index contributed by atoms with van der Waals surface area (Å²) in [7, 11) is 0. The van der Waals surface area contributed by atoms with Crippen LogP contribution in [0.25, 0.3) is 10.8 Å². The fraction of sp³-hybridized carbons (Fsp3) is 0.273. The molecule has 1 aromatic heterocycles. The number of amides is 2. The third kappa shape index (κ3) is 5.96. The van der Waals surface area contributed by atoms with Crippen LogP contribution in [0.5, 0.6) is 0 Å². The predicted octanol–water partition coefficient (Wildman–Crippen LogP) is 3.28. The van der Waals surface area contributed by atoms with E-state index in [1.165, 1.54) is 0 Å². The number of nitrogens with one attached hydrogen (secondary N) is 2. The predicted molar refractivity (Wildman–Crippen MR) is 107 cm³/mol. The molecule has 28 heavy (non-hydrogen) atoms. The summed E-state index contributed by atoms with van der Waals surface area (Å²) in [6.45, 7) is 1.81. The second-order valence-electron chi connectivity index (χ2n) is 6.40. The maximum Gasteiger partial charge on any atom is 0.251 e. The molecule has 0 spiro atoms. The number of furan rings is 1. The van der Waals surface area contributed by atoms with Crippen molar-refractivity contribution in [3.63, 3.8) is 0 Å². The maximum absolute atomic E-state index is 12.2. The van der Waals surface area contributed by atoms with Crippen LogP contribution in [0.15, 0.2) is 65.3 Å². The number of hydrogen-bond donors (Lipinski definition) is 2. The molecule has 1 heterocycles. The van der Waals surface area contributed by atoms with Crippen LogP contribution < -0.4 is 10.6 Å². The Morgan fingerprint density at radius 1 is 0.929 bits per heavy atom. The molecule has 0 atom stereocenters. The zero-order valence-electron chi connectivity index (χ0n) is 15.6. The first-order chi connectivity index (χ1) is 13.7. The highest BCUT2D eigenvalue weighted by molar-refractivity contribution is 5.98. The third-order valence-corrected chi connectivity index (χ3v) is 4.26. The van der Waals surface area contributed by atoms with Gasteiger partial charge in [-0.2, -0.15) is 0 Å². The van der Waals surface area contributed by atoms with E-state index in [0.29, 0.717) is 31.9 Å². The highest BCUT2D eigenvalue weighted by Crippen LogP contribution is 2.15. The maximum atomic E-state index is 12.2. The number of carbonyl (C=O) groups is 2. The van der Waals surface area contributed by atoms with Gasteiger partial charge in [-0.15, -0.1) is 0 Å². The van der Waals surface area contributed by atoms with Crippen molar-refractivity contribution in [1.29, 1.82) is 0 Å². The van der Waals surface area contributed by atoms with Crippen molar-refractivity contribution < 1.29 is 18.7 Å². The van der Waals surface area contributed by atoms with Gasteiger partial charge in [0.25, 0.3) is 5.91 Å². The fourth-order valence-electron chi connectivity index (χ4n) is 2.78. The standard InChI is InChI=1S/C22H24N2O4/c25-21(23-11-4-13-27-16-20-7-3-14-28-20)10-12-24-22(26)19-9-8-17-5-1-2-6-18(17)15-19/h1-3,5-9,14-15H,4,10-13,16H2,(H,23,25)(H,24,26). The smallest absolute Gasteiger partial charge is 0.251 e. The highest BCUT2D eigenvalue weighted by atomic mass is 16.5. The average Bonchev–Trinajstić information content (AvgIpc) is 3.23. The lowest BCUT2D eigenvalue weighted by Crippen LogP contribution is -2.31. The summed E-state index contributed by atoms with van der Waals surface area (Å²) < 4.78 is 10.6. The molecular weight excluding hydrogens is 356 g/mol. The highest BCUT2D eigenvalue weighted by Gasteiger charge is 2.07. The van der Waals surface area contributed by atoms with Crippen LogP contribution in [-0.4, -0.2) is 31.5 Å². The van der Waals surface area contributed by atoms with Crippen LogP contribution in [0, 0.1) is 0 Å². The topological polar surface area (TPSA) is 80.6 Å². The van der Waals surface area contributed by atoms with Crippen LogP contribution in [0.1, 0.15) is 29.0 Å². The number of fused-ring (bicyclic) bond motifs is 1. The van der Waals surface area contributed by atoms with Crippen molar-refractivity contribution in [3.05, 3.63) is 72.2 Å². The lowest BCUT2D eigenvalue weighted by molar-refractivity contribution is -0.121. The molecule has 2 aromatic carbocycles. The summed E-state index contributed by atoms with van der Waals surface area (Å²) in [4.78, 5) is 24.1. The second-order valence-corrected chi connectivity index (χ2v) is 6.40. The summed E-state index contributed by atoms with van der Waals surface area (Å²) in [6, 6.07) is 17.1. The Labute approximate surface area is 163 Å². The number of benzene rings is 2. The van der Waals surface area contributed by atoms with Crippen LogP contribution in [0.4, 0.5) is 0 Å². The summed E-state index contributed by atoms with van der Waals surface area (Å²) in [6.07, 6.45) is 2.57. The Hall–Kier alpha value is -3.12. The van der Waals surface area contributed by atoms with Gasteiger partial charge in [0.05, 0.1) is 6.26 Å². The number of ether oxygens (including phenoxy) is 1. The molecule has 0 saturated carbocycles. The summed E-state index contributed by atoms with van der Waals surface area (Å²) in [5.74, 6) is 0.515. The van der Waals surface area contributed by atoms with Crippen molar-refractivity contribution in [2.24, 2.45) is 0 Å². The first-order valence-corrected chi connectivity index (χ1v) is 9.36. The van der Waals surface area contributed by atoms with Gasteiger partial charge in [-0.1, -0.05) is 30.3 Å². The molecule has 0 saturated heterocycles. The van der Waals surface area contributed by atoms with Crippen LogP contribution in [0.3, 0.4) is 0 Å². The van der Waals surface area contributed by atoms with Gasteiger partial charge in [-0.3, -0.25) is 9.59 Å². The van der Waals surface area contributed by atoms with Gasteiger partial charge >= 0.3 is 0 Å². The Morgan fingerprint density at radius 2 is 1.79 bits per heavy atom. The Kier molecular flexibility index (Phi) is 7.21. The van der Waals surface area contributed by atoms with Crippen LogP contribution in [0.2, 0.25) is 0 Å². The molecule has 6 nitrogen and oxygen atoms in total. The zero-order chi connectivity index (χ0) is 19.6. The van der Waals surface area contributed by atoms with Gasteiger partial charge < -0.3 is 19.8 Å². The Balaban J connectivity index is 1.28. The lowest BCUT2D eigenvalue weighted by Gasteiger charge is -2.08. The quantitative estimate of drug-likeness (QED) is 0.529. The van der Waals surface area contributed by atoms with E-state index in [2.05, 4.69) is 10.6 Å². The molecular formula is C22H24N2O4. The normalized spacial score (nSPS) is 10.7. The van der Waals surface area contributed by atoms with E-state index in [0.717, 1.165) is 23.0 Å². The number of carbonyl (C=O) groups excluding carboxylic acids is 2. The molecule has 0 aliphatic rings. The van der Waals surface area contributed by atoms with Gasteiger partial charge in [-0.05, 0) is 41.5 Å². The van der Waals surface area contributed by atoms with Crippen LogP contribution in [-0.2, 0) is 16.1 Å². The van der Waals surface area contributed by atoms with Gasteiger partial charge in [0.15, 0.2) is 0 Å². The summed E-state index contributed by atoms with van der Waals surface area (Å²) in [5, 5.41) is 7.71. The lowest BCUT2D eigenvalue weighted by atomic mass is 10.1. The van der Waals surface area contributed by atoms with Crippen molar-refractivity contribution >= 4 is 22.6 Å². The zero-order valence-corrected chi connectivity index (χ0v) is 15.6. The van der Waals surface area contributed by atoms with E-state index in [-0.39, 0.29) is 18.2 Å². The summed E-state index contributed by atoms with van der Waals surface area (Å²) >= 11 is 0. The second kappa shape index (κ2) is 10.3. The minimum atomic E-state index is -0.176. The number of rotatable bonds is 10. The van der Waals surface area contributed by atoms with Gasteiger partial charge in [-0.25, -0.2) is 0 Å². The molecule has 0 radical (unpaired) electrons. The minimum absolute atomic E-state index is 0.0927. The molecule has 0 aliphatic heterocycles. The van der Waals surface area contributed by atoms with Gasteiger partial charge in [0.2, 0.25) is 5.91 Å². The monoisotopic (exact) mass is 380 g/mol. The molecule has 0 bridgehead atoms. The Morgan fingerprint density at radius 3 is 2.61 bits per heavy atom. The molecule has 6 heteroatoms. The van der Waals surface area contributed by atoms with E-state index in [4.69, 9.17) is 9.15 Å². The third-order valence-electron chi connectivity index (χ3n) is 4.26. The van der Waals surface area contributed by atoms with Gasteiger partial charge in [0, 0.05) is 31.7 Å². The molecule has 3 aromatic rings. The fourth-order valence-corrected chi connectivity index (χ4v) is 2.78. The van der Waals surface area contributed by atoms with E-state index in [1.54, 1.807) is 12.3 Å². The minimum Gasteiger partial charge on any atom is -0.467 e. The molecule has 146 valence electrons. The van der Waals surface area contributed by atoms with E-state index >= 15 is 0 Å². The largest absolute Gasteiger partial charge is 0.467 e. The van der Waals surface area contributed by atoms with E-state index in [1.807, 2.05) is 48.5 Å². The van der Waals surface area contributed by atoms with Crippen molar-refractivity contribution in [1.82, 2.24) is 10.6 Å². The SMILES string of the molecule is O=C(CCNC(=O)c1ccc2ccccc2c1)NCCCOCc1ccco1. The van der Waals surface area contributed by atoms with Crippen molar-refractivity contribution in [3.8, 4) is 0 Å². The molecule has 0 aliphatic carbocycles. The van der Waals surface area contributed by atoms with E-state index < -0.39 is 0 Å². The van der Waals surface area contributed by atoms with Crippen molar-refractivity contribution in [2.75, 3.05) is 19.7 Å². The first-order valence-electron chi connectivity index (χ1n) is 9.36. The first kappa shape index (κ1) is 19.6. The summed E-state index contributed by atoms with van der Waals surface area (Å²) in [5.41, 5.74) is 0.591. The van der Waals surface area contributed by atoms with Gasteiger partial charge in [0.1, 0.15) is 12.4 Å². The van der Waals surface area contributed by atoms with E-state index in [9.17, 15) is 9.59 Å². The molecule has 2 N–H and O–H groups in total. The molecule has 3 rings (SSSR count). The average molecular weight is 380 g/mol. The Bertz CT molecular complexity index is 906. The van der Waals surface area contributed by atoms with Crippen molar-refractivity contribution in [2.45, 2.75) is 19.4 Å². The molecule has 2 amide bonds.